The SMILES string of the molecule is C[C@@H]1CN(c2cc(Cl)nc(SCc3cccc(Cl)c3F)n2)C[C@H](C)N1. The molecule has 0 amide bonds. The maximum Gasteiger partial charge on any atom is 0.191 e. The van der Waals surface area contributed by atoms with Gasteiger partial charge in [-0.25, -0.2) is 14.4 Å². The van der Waals surface area contributed by atoms with E-state index in [-0.39, 0.29) is 5.02 Å². The number of aromatic nitrogens is 2. The molecule has 1 N–H and O–H groups in total. The highest BCUT2D eigenvalue weighted by molar-refractivity contribution is 7.98. The fourth-order valence-corrected chi connectivity index (χ4v) is 4.18. The van der Waals surface area contributed by atoms with Crippen molar-refractivity contribution in [1.29, 1.82) is 0 Å². The number of halogens is 3. The molecule has 2 atom stereocenters. The summed E-state index contributed by atoms with van der Waals surface area (Å²) >= 11 is 13.3. The fourth-order valence-electron chi connectivity index (χ4n) is 2.93. The molecular formula is C17H19Cl2FN4S. The summed E-state index contributed by atoms with van der Waals surface area (Å²) in [6, 6.07) is 7.49. The van der Waals surface area contributed by atoms with Crippen molar-refractivity contribution in [2.45, 2.75) is 36.8 Å². The quantitative estimate of drug-likeness (QED) is 0.467. The van der Waals surface area contributed by atoms with Crippen LogP contribution >= 0.6 is 35.0 Å². The van der Waals surface area contributed by atoms with Gasteiger partial charge in [-0.3, -0.25) is 0 Å². The van der Waals surface area contributed by atoms with Crippen molar-refractivity contribution in [3.8, 4) is 0 Å². The zero-order valence-electron chi connectivity index (χ0n) is 14.0. The Morgan fingerprint density at radius 1 is 1.24 bits per heavy atom. The van der Waals surface area contributed by atoms with Crippen LogP contribution in [-0.2, 0) is 5.75 Å². The summed E-state index contributed by atoms with van der Waals surface area (Å²) in [6.07, 6.45) is 0. The van der Waals surface area contributed by atoms with Gasteiger partial charge in [-0.05, 0) is 25.5 Å². The van der Waals surface area contributed by atoms with E-state index in [1.54, 1.807) is 18.2 Å². The van der Waals surface area contributed by atoms with E-state index in [0.717, 1.165) is 18.9 Å². The second kappa shape index (κ2) is 8.08. The Labute approximate surface area is 161 Å². The first-order valence-corrected chi connectivity index (χ1v) is 9.78. The van der Waals surface area contributed by atoms with E-state index >= 15 is 0 Å². The van der Waals surface area contributed by atoms with Gasteiger partial charge >= 0.3 is 0 Å². The monoisotopic (exact) mass is 400 g/mol. The third-order valence-electron chi connectivity index (χ3n) is 3.93. The summed E-state index contributed by atoms with van der Waals surface area (Å²) in [6.45, 7) is 5.99. The smallest absolute Gasteiger partial charge is 0.191 e. The Hall–Kier alpha value is -1.08. The van der Waals surface area contributed by atoms with Crippen LogP contribution in [0, 0.1) is 5.82 Å². The molecule has 1 aliphatic rings. The van der Waals surface area contributed by atoms with Gasteiger partial charge in [0, 0.05) is 37.0 Å². The third-order valence-corrected chi connectivity index (χ3v) is 5.31. The topological polar surface area (TPSA) is 41.1 Å². The Kier molecular flexibility index (Phi) is 6.04. The molecule has 25 heavy (non-hydrogen) atoms. The van der Waals surface area contributed by atoms with Crippen molar-refractivity contribution >= 4 is 40.8 Å². The van der Waals surface area contributed by atoms with Gasteiger partial charge in [0.15, 0.2) is 5.16 Å². The Bertz CT molecular complexity index is 751. The number of hydrogen-bond acceptors (Lipinski definition) is 5. The van der Waals surface area contributed by atoms with Crippen LogP contribution < -0.4 is 10.2 Å². The Morgan fingerprint density at radius 2 is 1.96 bits per heavy atom. The molecule has 4 nitrogen and oxygen atoms in total. The second-order valence-electron chi connectivity index (χ2n) is 6.21. The van der Waals surface area contributed by atoms with Crippen LogP contribution in [0.25, 0.3) is 0 Å². The highest BCUT2D eigenvalue weighted by Gasteiger charge is 2.23. The molecule has 2 heterocycles. The predicted molar refractivity (Wildman–Crippen MR) is 102 cm³/mol. The first-order chi connectivity index (χ1) is 11.9. The molecule has 8 heteroatoms. The van der Waals surface area contributed by atoms with Crippen LogP contribution in [-0.4, -0.2) is 35.1 Å². The highest BCUT2D eigenvalue weighted by atomic mass is 35.5. The molecular weight excluding hydrogens is 382 g/mol. The average Bonchev–Trinajstić information content (AvgIpc) is 2.55. The van der Waals surface area contributed by atoms with Crippen LogP contribution in [0.4, 0.5) is 10.2 Å². The van der Waals surface area contributed by atoms with E-state index < -0.39 is 5.82 Å². The molecule has 0 spiro atoms. The number of hydrogen-bond donors (Lipinski definition) is 1. The van der Waals surface area contributed by atoms with Crippen molar-refractivity contribution in [2.75, 3.05) is 18.0 Å². The van der Waals surface area contributed by atoms with Crippen molar-refractivity contribution in [1.82, 2.24) is 15.3 Å². The van der Waals surface area contributed by atoms with Crippen LogP contribution in [0.2, 0.25) is 10.2 Å². The number of thioether (sulfide) groups is 1. The molecule has 0 unspecified atom stereocenters. The normalized spacial score (nSPS) is 20.8. The summed E-state index contributed by atoms with van der Waals surface area (Å²) in [4.78, 5) is 11.1. The molecule has 0 bridgehead atoms. The van der Waals surface area contributed by atoms with E-state index in [1.165, 1.54) is 17.8 Å². The molecule has 0 saturated carbocycles. The van der Waals surface area contributed by atoms with E-state index in [4.69, 9.17) is 23.2 Å². The number of nitrogens with one attached hydrogen (secondary N) is 1. The zero-order valence-corrected chi connectivity index (χ0v) is 16.3. The summed E-state index contributed by atoms with van der Waals surface area (Å²) in [5, 5.41) is 4.52. The maximum absolute atomic E-state index is 14.0. The summed E-state index contributed by atoms with van der Waals surface area (Å²) in [5.74, 6) is 0.790. The summed E-state index contributed by atoms with van der Waals surface area (Å²) < 4.78 is 14.0. The molecule has 3 rings (SSSR count). The van der Waals surface area contributed by atoms with Gasteiger partial charge in [-0.15, -0.1) is 0 Å². The minimum atomic E-state index is -0.399. The first-order valence-electron chi connectivity index (χ1n) is 8.03. The zero-order chi connectivity index (χ0) is 18.0. The molecule has 1 aromatic heterocycles. The number of piperazine rings is 1. The van der Waals surface area contributed by atoms with Crippen molar-refractivity contribution < 1.29 is 4.39 Å². The first kappa shape index (κ1) is 18.7. The molecule has 2 aromatic rings. The number of anilines is 1. The fraction of sp³-hybridized carbons (Fsp3) is 0.412. The molecule has 1 saturated heterocycles. The van der Waals surface area contributed by atoms with Gasteiger partial charge in [0.05, 0.1) is 5.02 Å². The largest absolute Gasteiger partial charge is 0.353 e. The van der Waals surface area contributed by atoms with E-state index in [2.05, 4.69) is 34.0 Å². The van der Waals surface area contributed by atoms with Gasteiger partial charge in [0.25, 0.3) is 0 Å². The molecule has 1 aliphatic heterocycles. The summed E-state index contributed by atoms with van der Waals surface area (Å²) in [7, 11) is 0. The average molecular weight is 401 g/mol. The maximum atomic E-state index is 14.0. The molecule has 1 fully saturated rings. The van der Waals surface area contributed by atoms with Crippen LogP contribution in [0.1, 0.15) is 19.4 Å². The van der Waals surface area contributed by atoms with E-state index in [9.17, 15) is 4.39 Å². The van der Waals surface area contributed by atoms with Gasteiger partial charge in [0.1, 0.15) is 16.8 Å². The number of rotatable bonds is 4. The lowest BCUT2D eigenvalue weighted by Crippen LogP contribution is -2.54. The van der Waals surface area contributed by atoms with Crippen LogP contribution in [0.5, 0.6) is 0 Å². The standard InChI is InChI=1S/C17H19Cl2FN4S/c1-10-7-24(8-11(2)21-10)15-6-14(19)22-17(23-15)25-9-12-4-3-5-13(18)16(12)20/h3-6,10-11,21H,7-9H2,1-2H3/t10-,11+. The Balaban J connectivity index is 1.76. The molecule has 0 radical (unpaired) electrons. The highest BCUT2D eigenvalue weighted by Crippen LogP contribution is 2.28. The Morgan fingerprint density at radius 3 is 2.68 bits per heavy atom. The van der Waals surface area contributed by atoms with Gasteiger partial charge < -0.3 is 10.2 Å². The van der Waals surface area contributed by atoms with Crippen molar-refractivity contribution in [3.05, 3.63) is 45.8 Å². The lowest BCUT2D eigenvalue weighted by atomic mass is 10.1. The second-order valence-corrected chi connectivity index (χ2v) is 7.94. The van der Waals surface area contributed by atoms with Gasteiger partial charge in [0.2, 0.25) is 0 Å². The third kappa shape index (κ3) is 4.76. The molecule has 1 aromatic carbocycles. The number of benzene rings is 1. The van der Waals surface area contributed by atoms with Crippen molar-refractivity contribution in [2.24, 2.45) is 0 Å². The van der Waals surface area contributed by atoms with E-state index in [0.29, 0.717) is 33.7 Å². The lowest BCUT2D eigenvalue weighted by molar-refractivity contribution is 0.404. The summed E-state index contributed by atoms with van der Waals surface area (Å²) in [5.41, 5.74) is 0.520. The van der Waals surface area contributed by atoms with Gasteiger partial charge in [-0.1, -0.05) is 47.1 Å². The predicted octanol–water partition coefficient (Wildman–Crippen LogP) is 4.40. The minimum Gasteiger partial charge on any atom is -0.353 e. The van der Waals surface area contributed by atoms with Crippen LogP contribution in [0.3, 0.4) is 0 Å². The molecule has 134 valence electrons. The van der Waals surface area contributed by atoms with E-state index in [1.807, 2.05) is 0 Å². The van der Waals surface area contributed by atoms with Crippen molar-refractivity contribution in [3.63, 3.8) is 0 Å². The van der Waals surface area contributed by atoms with Crippen LogP contribution in [0.15, 0.2) is 29.4 Å². The number of nitrogens with zero attached hydrogens (tertiary/aromatic N) is 3. The van der Waals surface area contributed by atoms with Gasteiger partial charge in [-0.2, -0.15) is 0 Å². The lowest BCUT2D eigenvalue weighted by Gasteiger charge is -2.37. The molecule has 0 aliphatic carbocycles. The minimum absolute atomic E-state index is 0.120.